The molecule has 5 aromatic heterocycles. The van der Waals surface area contributed by atoms with Crippen LogP contribution in [0.25, 0.3) is 22.5 Å². The predicted octanol–water partition coefficient (Wildman–Crippen LogP) is 3.75. The summed E-state index contributed by atoms with van der Waals surface area (Å²) in [5, 5.41) is 13.4. The van der Waals surface area contributed by atoms with Crippen LogP contribution in [0.3, 0.4) is 0 Å². The Morgan fingerprint density at radius 3 is 2.64 bits per heavy atom. The maximum Gasteiger partial charge on any atom is 0.280 e. The molecule has 0 saturated carbocycles. The van der Waals surface area contributed by atoms with Crippen LogP contribution in [-0.2, 0) is 26.5 Å². The van der Waals surface area contributed by atoms with Crippen LogP contribution in [-0.4, -0.2) is 28.6 Å². The molecule has 10 heteroatoms. The van der Waals surface area contributed by atoms with Crippen molar-refractivity contribution in [1.82, 2.24) is 23.5 Å². The third-order valence-electron chi connectivity index (χ3n) is 7.25. The second-order valence-electron chi connectivity index (χ2n) is 10.7. The summed E-state index contributed by atoms with van der Waals surface area (Å²) in [7, 11) is 1.61. The van der Waals surface area contributed by atoms with E-state index in [2.05, 4.69) is 29.1 Å². The number of pyridine rings is 3. The highest BCUT2D eigenvalue weighted by Crippen LogP contribution is 2.37. The standard InChI is InChI=1S/C29H27FN6O3/c1-29(2)12-17-11-23-28(39)36(9-8-35(23)24(17)13-29)26-21(16-37)20(6-7-31-26)18-10-22(27(38)34(3)15-18)33-25-5-4-19(30)14-32-25/h4-11,14-15,37H,12-13,16H2,1-3H3,(H,32,33). The van der Waals surface area contributed by atoms with Crippen LogP contribution in [0.2, 0.25) is 0 Å². The molecule has 5 aromatic rings. The Morgan fingerprint density at radius 2 is 1.90 bits per heavy atom. The zero-order valence-corrected chi connectivity index (χ0v) is 21.8. The van der Waals surface area contributed by atoms with Crippen molar-refractivity contribution < 1.29 is 9.50 Å². The molecule has 0 aromatic carbocycles. The van der Waals surface area contributed by atoms with Crippen LogP contribution in [0.15, 0.2) is 70.9 Å². The molecule has 0 spiro atoms. The van der Waals surface area contributed by atoms with Crippen molar-refractivity contribution in [3.05, 3.63) is 105 Å². The number of rotatable bonds is 5. The third kappa shape index (κ3) is 4.22. The maximum atomic E-state index is 13.6. The van der Waals surface area contributed by atoms with Gasteiger partial charge in [0.05, 0.1) is 12.8 Å². The van der Waals surface area contributed by atoms with Gasteiger partial charge in [0.25, 0.3) is 11.1 Å². The van der Waals surface area contributed by atoms with Crippen molar-refractivity contribution in [3.63, 3.8) is 0 Å². The Balaban J connectivity index is 1.46. The zero-order valence-electron chi connectivity index (χ0n) is 21.8. The summed E-state index contributed by atoms with van der Waals surface area (Å²) in [5.74, 6) is 0.139. The molecule has 2 N–H and O–H groups in total. The molecular formula is C29H27FN6O3. The molecular weight excluding hydrogens is 499 g/mol. The molecule has 0 aliphatic heterocycles. The molecule has 39 heavy (non-hydrogen) atoms. The minimum Gasteiger partial charge on any atom is -0.392 e. The van der Waals surface area contributed by atoms with Crippen molar-refractivity contribution in [1.29, 1.82) is 0 Å². The van der Waals surface area contributed by atoms with Gasteiger partial charge >= 0.3 is 0 Å². The molecule has 0 radical (unpaired) electrons. The highest BCUT2D eigenvalue weighted by Gasteiger charge is 2.31. The highest BCUT2D eigenvalue weighted by molar-refractivity contribution is 5.73. The quantitative estimate of drug-likeness (QED) is 0.361. The molecule has 0 fully saturated rings. The predicted molar refractivity (Wildman–Crippen MR) is 146 cm³/mol. The SMILES string of the molecule is Cn1cc(-c2ccnc(-n3ccn4c5c(cc4c3=O)CC(C)(C)C5)c2CO)cc(Nc2ccc(F)cn2)c1=O. The molecule has 1 aliphatic carbocycles. The van der Waals surface area contributed by atoms with Crippen LogP contribution >= 0.6 is 0 Å². The second-order valence-corrected chi connectivity index (χ2v) is 10.7. The first-order valence-electron chi connectivity index (χ1n) is 12.6. The van der Waals surface area contributed by atoms with Crippen LogP contribution < -0.4 is 16.4 Å². The summed E-state index contributed by atoms with van der Waals surface area (Å²) >= 11 is 0. The van der Waals surface area contributed by atoms with E-state index in [1.165, 1.54) is 26.8 Å². The summed E-state index contributed by atoms with van der Waals surface area (Å²) in [6, 6.07) is 8.01. The Kier molecular flexibility index (Phi) is 5.72. The minimum absolute atomic E-state index is 0.164. The van der Waals surface area contributed by atoms with Gasteiger partial charge in [0.15, 0.2) is 0 Å². The van der Waals surface area contributed by atoms with E-state index < -0.39 is 5.82 Å². The number of hydrogen-bond acceptors (Lipinski definition) is 6. The number of nitrogens with one attached hydrogen (secondary N) is 1. The van der Waals surface area contributed by atoms with Crippen molar-refractivity contribution >= 4 is 17.0 Å². The van der Waals surface area contributed by atoms with Crippen molar-refractivity contribution in [3.8, 4) is 16.9 Å². The van der Waals surface area contributed by atoms with E-state index in [1.54, 1.807) is 37.8 Å². The van der Waals surface area contributed by atoms with Crippen LogP contribution in [0.4, 0.5) is 15.9 Å². The summed E-state index contributed by atoms with van der Waals surface area (Å²) < 4.78 is 18.1. The molecule has 6 rings (SSSR count). The lowest BCUT2D eigenvalue weighted by Gasteiger charge is -2.17. The van der Waals surface area contributed by atoms with Gasteiger partial charge in [-0.15, -0.1) is 0 Å². The smallest absolute Gasteiger partial charge is 0.280 e. The first kappa shape index (κ1) is 24.7. The highest BCUT2D eigenvalue weighted by atomic mass is 19.1. The number of nitrogens with zero attached hydrogens (tertiary/aromatic N) is 5. The molecule has 0 amide bonds. The molecule has 0 atom stereocenters. The lowest BCUT2D eigenvalue weighted by Crippen LogP contribution is -2.23. The number of hydrogen-bond donors (Lipinski definition) is 2. The van der Waals surface area contributed by atoms with Crippen molar-refractivity contribution in [2.45, 2.75) is 33.3 Å². The van der Waals surface area contributed by atoms with Crippen molar-refractivity contribution in [2.75, 3.05) is 5.32 Å². The third-order valence-corrected chi connectivity index (χ3v) is 7.25. The number of aliphatic hydroxyl groups excluding tert-OH is 1. The minimum atomic E-state index is -0.485. The lowest BCUT2D eigenvalue weighted by molar-refractivity contribution is 0.281. The number of aromatic nitrogens is 5. The molecule has 0 bridgehead atoms. The first-order valence-corrected chi connectivity index (χ1v) is 12.6. The van der Waals surface area contributed by atoms with Crippen LogP contribution in [0, 0.1) is 11.2 Å². The van der Waals surface area contributed by atoms with Crippen molar-refractivity contribution in [2.24, 2.45) is 12.5 Å². The van der Waals surface area contributed by atoms with E-state index in [1.807, 2.05) is 16.7 Å². The van der Waals surface area contributed by atoms with E-state index in [0.717, 1.165) is 24.7 Å². The van der Waals surface area contributed by atoms with Crippen LogP contribution in [0.5, 0.6) is 0 Å². The lowest BCUT2D eigenvalue weighted by atomic mass is 9.90. The summed E-state index contributed by atoms with van der Waals surface area (Å²) in [5.41, 5.74) is 4.42. The van der Waals surface area contributed by atoms with E-state index in [4.69, 9.17) is 0 Å². The Hall–Kier alpha value is -4.57. The molecule has 0 unspecified atom stereocenters. The van der Waals surface area contributed by atoms with Gasteiger partial charge in [0.1, 0.15) is 28.7 Å². The van der Waals surface area contributed by atoms with Gasteiger partial charge in [0.2, 0.25) is 0 Å². The Bertz CT molecular complexity index is 1870. The van der Waals surface area contributed by atoms with E-state index in [-0.39, 0.29) is 28.8 Å². The van der Waals surface area contributed by atoms with Gasteiger partial charge in [-0.05, 0) is 59.7 Å². The van der Waals surface area contributed by atoms with E-state index in [0.29, 0.717) is 33.8 Å². The number of fused-ring (bicyclic) bond motifs is 3. The number of aliphatic hydroxyl groups is 1. The van der Waals surface area contributed by atoms with Gasteiger partial charge in [-0.1, -0.05) is 13.8 Å². The van der Waals surface area contributed by atoms with Gasteiger partial charge in [-0.3, -0.25) is 14.2 Å². The maximum absolute atomic E-state index is 13.6. The normalized spacial score (nSPS) is 14.1. The monoisotopic (exact) mass is 526 g/mol. The van der Waals surface area contributed by atoms with Gasteiger partial charge in [-0.25, -0.2) is 14.4 Å². The van der Waals surface area contributed by atoms with E-state index in [9.17, 15) is 19.1 Å². The molecule has 0 saturated heterocycles. The average molecular weight is 527 g/mol. The Morgan fingerprint density at radius 1 is 1.08 bits per heavy atom. The van der Waals surface area contributed by atoms with Crippen LogP contribution in [0.1, 0.15) is 30.7 Å². The molecule has 198 valence electrons. The average Bonchev–Trinajstić information content (AvgIpc) is 3.40. The Labute approximate surface area is 222 Å². The van der Waals surface area contributed by atoms with Gasteiger partial charge in [0, 0.05) is 48.7 Å². The van der Waals surface area contributed by atoms with Gasteiger partial charge in [-0.2, -0.15) is 0 Å². The zero-order chi connectivity index (χ0) is 27.5. The number of anilines is 2. The largest absolute Gasteiger partial charge is 0.392 e. The van der Waals surface area contributed by atoms with Gasteiger partial charge < -0.3 is 19.4 Å². The molecule has 5 heterocycles. The fraction of sp³-hybridized carbons (Fsp3) is 0.241. The molecule has 1 aliphatic rings. The fourth-order valence-corrected chi connectivity index (χ4v) is 5.48. The fourth-order valence-electron chi connectivity index (χ4n) is 5.48. The second kappa shape index (κ2) is 9.02. The summed E-state index contributed by atoms with van der Waals surface area (Å²) in [4.78, 5) is 34.9. The topological polar surface area (TPSA) is 106 Å². The molecule has 9 nitrogen and oxygen atoms in total. The number of aryl methyl sites for hydroxylation is 1. The first-order chi connectivity index (χ1) is 18.6. The number of halogens is 1. The summed E-state index contributed by atoms with van der Waals surface area (Å²) in [6.07, 6.45) is 9.64. The summed E-state index contributed by atoms with van der Waals surface area (Å²) in [6.45, 7) is 4.06. The van der Waals surface area contributed by atoms with E-state index >= 15 is 0 Å².